The van der Waals surface area contributed by atoms with Crippen molar-refractivity contribution in [2.24, 2.45) is 0 Å². The number of benzene rings is 1. The predicted octanol–water partition coefficient (Wildman–Crippen LogP) is 4.24. The Morgan fingerprint density at radius 3 is 2.88 bits per heavy atom. The second kappa shape index (κ2) is 7.36. The number of hydrogen-bond acceptors (Lipinski definition) is 2. The van der Waals surface area contributed by atoms with Crippen molar-refractivity contribution in [3.8, 4) is 0 Å². The molecule has 0 aliphatic heterocycles. The van der Waals surface area contributed by atoms with Gasteiger partial charge in [0.05, 0.1) is 0 Å². The highest BCUT2D eigenvalue weighted by atomic mass is 32.1. The molecule has 0 aliphatic rings. The molecule has 4 nitrogen and oxygen atoms in total. The lowest BCUT2D eigenvalue weighted by molar-refractivity contribution is 0.241. The summed E-state index contributed by atoms with van der Waals surface area (Å²) in [6.45, 7) is 6.71. The van der Waals surface area contributed by atoms with Gasteiger partial charge in [-0.15, -0.1) is 0 Å². The summed E-state index contributed by atoms with van der Waals surface area (Å²) in [4.78, 5) is 15.3. The number of fused-ring (bicyclic) bond motifs is 1. The molecule has 0 spiro atoms. The highest BCUT2D eigenvalue weighted by Crippen LogP contribution is 2.31. The first kappa shape index (κ1) is 16.3. The second-order valence-electron chi connectivity index (χ2n) is 5.92. The van der Waals surface area contributed by atoms with Crippen molar-refractivity contribution in [3.63, 3.8) is 0 Å². The topological polar surface area (TPSA) is 56.9 Å². The monoisotopic (exact) mass is 339 g/mol. The summed E-state index contributed by atoms with van der Waals surface area (Å²) in [6.07, 6.45) is 2.04. The largest absolute Gasteiger partial charge is 0.361 e. The van der Waals surface area contributed by atoms with Gasteiger partial charge in [0.1, 0.15) is 0 Å². The zero-order valence-electron chi connectivity index (χ0n) is 13.6. The van der Waals surface area contributed by atoms with Crippen molar-refractivity contribution in [1.29, 1.82) is 0 Å². The molecule has 2 amide bonds. The Morgan fingerprint density at radius 1 is 1.29 bits per heavy atom. The van der Waals surface area contributed by atoms with E-state index in [2.05, 4.69) is 51.2 Å². The molecule has 3 N–H and O–H groups in total. The molecule has 2 aromatic heterocycles. The fraction of sp³-hybridized carbons (Fsp3) is 0.211. The summed E-state index contributed by atoms with van der Waals surface area (Å²) in [5.41, 5.74) is 4.45. The summed E-state index contributed by atoms with van der Waals surface area (Å²) in [6, 6.07) is 10.2. The van der Waals surface area contributed by atoms with E-state index in [0.29, 0.717) is 13.1 Å². The van der Waals surface area contributed by atoms with Gasteiger partial charge < -0.3 is 15.6 Å². The molecule has 1 unspecified atom stereocenters. The summed E-state index contributed by atoms with van der Waals surface area (Å²) in [5, 5.41) is 11.2. The third-order valence-electron chi connectivity index (χ3n) is 3.96. The summed E-state index contributed by atoms with van der Waals surface area (Å²) in [7, 11) is 0. The molecule has 2 heterocycles. The molecule has 0 fully saturated rings. The van der Waals surface area contributed by atoms with E-state index in [4.69, 9.17) is 0 Å². The first-order valence-corrected chi connectivity index (χ1v) is 8.83. The van der Waals surface area contributed by atoms with Gasteiger partial charge in [-0.25, -0.2) is 4.79 Å². The van der Waals surface area contributed by atoms with Crippen LogP contribution in [0.4, 0.5) is 4.79 Å². The number of hydrogen-bond donors (Lipinski definition) is 3. The van der Waals surface area contributed by atoms with Crippen molar-refractivity contribution < 1.29 is 4.79 Å². The lowest BCUT2D eigenvalue weighted by atomic mass is 9.93. The molecule has 0 aliphatic carbocycles. The quantitative estimate of drug-likeness (QED) is 0.578. The molecule has 24 heavy (non-hydrogen) atoms. The number of aromatic nitrogens is 1. The molecule has 5 heteroatoms. The third kappa shape index (κ3) is 3.68. The van der Waals surface area contributed by atoms with Gasteiger partial charge >= 0.3 is 6.03 Å². The first-order valence-electron chi connectivity index (χ1n) is 7.89. The molecule has 1 atom stereocenters. The van der Waals surface area contributed by atoms with Crippen LogP contribution in [0.1, 0.15) is 24.0 Å². The zero-order valence-corrected chi connectivity index (χ0v) is 14.5. The Kier molecular flexibility index (Phi) is 5.01. The maximum absolute atomic E-state index is 12.0. The average molecular weight is 339 g/mol. The van der Waals surface area contributed by atoms with E-state index in [1.165, 1.54) is 16.5 Å². The van der Waals surface area contributed by atoms with E-state index in [9.17, 15) is 4.79 Å². The molecule has 3 rings (SSSR count). The van der Waals surface area contributed by atoms with Crippen LogP contribution in [0, 0.1) is 0 Å². The van der Waals surface area contributed by atoms with Crippen LogP contribution in [-0.2, 0) is 0 Å². The van der Waals surface area contributed by atoms with E-state index in [1.807, 2.05) is 25.3 Å². The number of carbonyl (C=O) groups is 1. The van der Waals surface area contributed by atoms with E-state index in [1.54, 1.807) is 11.3 Å². The third-order valence-corrected chi connectivity index (χ3v) is 4.66. The number of thiophene rings is 1. The van der Waals surface area contributed by atoms with Gasteiger partial charge in [-0.3, -0.25) is 0 Å². The van der Waals surface area contributed by atoms with E-state index < -0.39 is 0 Å². The van der Waals surface area contributed by atoms with Crippen molar-refractivity contribution in [1.82, 2.24) is 15.6 Å². The van der Waals surface area contributed by atoms with E-state index in [-0.39, 0.29) is 11.9 Å². The molecule has 0 radical (unpaired) electrons. The van der Waals surface area contributed by atoms with Crippen LogP contribution < -0.4 is 10.6 Å². The summed E-state index contributed by atoms with van der Waals surface area (Å²) in [5.74, 6) is 0.114. The smallest absolute Gasteiger partial charge is 0.315 e. The number of carbonyl (C=O) groups excluding carboxylic acids is 1. The van der Waals surface area contributed by atoms with E-state index >= 15 is 0 Å². The number of rotatable bonds is 6. The van der Waals surface area contributed by atoms with Crippen molar-refractivity contribution in [2.75, 3.05) is 13.1 Å². The van der Waals surface area contributed by atoms with Gasteiger partial charge in [-0.2, -0.15) is 11.3 Å². The number of para-hydroxylation sites is 1. The maximum atomic E-state index is 12.0. The van der Waals surface area contributed by atoms with Crippen LogP contribution >= 0.6 is 11.3 Å². The molecule has 0 saturated carbocycles. The number of H-pyrrole nitrogens is 1. The SMILES string of the molecule is C=C(C)CNC(=O)NCC(c1ccsc1)c1c[nH]c2ccccc12. The second-order valence-corrected chi connectivity index (χ2v) is 6.70. The summed E-state index contributed by atoms with van der Waals surface area (Å²) < 4.78 is 0. The van der Waals surface area contributed by atoms with Crippen LogP contribution in [0.15, 0.2) is 59.4 Å². The lowest BCUT2D eigenvalue weighted by Crippen LogP contribution is -2.38. The van der Waals surface area contributed by atoms with Crippen LogP contribution in [0.2, 0.25) is 0 Å². The first-order chi connectivity index (χ1) is 11.6. The van der Waals surface area contributed by atoms with Crippen LogP contribution in [0.25, 0.3) is 10.9 Å². The average Bonchev–Trinajstić information content (AvgIpc) is 3.24. The Morgan fingerprint density at radius 2 is 2.12 bits per heavy atom. The van der Waals surface area contributed by atoms with Gasteiger partial charge in [-0.1, -0.05) is 30.4 Å². The maximum Gasteiger partial charge on any atom is 0.315 e. The van der Waals surface area contributed by atoms with E-state index in [0.717, 1.165) is 11.1 Å². The fourth-order valence-corrected chi connectivity index (χ4v) is 3.47. The Labute approximate surface area is 145 Å². The number of nitrogens with one attached hydrogen (secondary N) is 3. The Hall–Kier alpha value is -2.53. The van der Waals surface area contributed by atoms with Gasteiger partial charge in [0.15, 0.2) is 0 Å². The van der Waals surface area contributed by atoms with Crippen molar-refractivity contribution in [3.05, 3.63) is 70.6 Å². The molecule has 3 aromatic rings. The Balaban J connectivity index is 1.80. The number of urea groups is 1. The lowest BCUT2D eigenvalue weighted by Gasteiger charge is -2.17. The van der Waals surface area contributed by atoms with Crippen LogP contribution in [0.5, 0.6) is 0 Å². The van der Waals surface area contributed by atoms with Crippen LogP contribution in [-0.4, -0.2) is 24.1 Å². The fourth-order valence-electron chi connectivity index (χ4n) is 2.75. The number of aromatic amines is 1. The molecular weight excluding hydrogens is 318 g/mol. The highest BCUT2D eigenvalue weighted by molar-refractivity contribution is 7.08. The van der Waals surface area contributed by atoms with Gasteiger partial charge in [-0.05, 0) is 40.9 Å². The predicted molar refractivity (Wildman–Crippen MR) is 101 cm³/mol. The number of amides is 2. The Bertz CT molecular complexity index is 835. The minimum Gasteiger partial charge on any atom is -0.361 e. The highest BCUT2D eigenvalue weighted by Gasteiger charge is 2.19. The molecule has 124 valence electrons. The summed E-state index contributed by atoms with van der Waals surface area (Å²) >= 11 is 1.67. The minimum absolute atomic E-state index is 0.114. The molecule has 0 bridgehead atoms. The van der Waals surface area contributed by atoms with Gasteiger partial charge in [0.25, 0.3) is 0 Å². The zero-order chi connectivity index (χ0) is 16.9. The van der Waals surface area contributed by atoms with Crippen LogP contribution in [0.3, 0.4) is 0 Å². The minimum atomic E-state index is -0.168. The van der Waals surface area contributed by atoms with Gasteiger partial charge in [0, 0.05) is 36.1 Å². The van der Waals surface area contributed by atoms with Gasteiger partial charge in [0.2, 0.25) is 0 Å². The van der Waals surface area contributed by atoms with Crippen molar-refractivity contribution >= 4 is 28.3 Å². The van der Waals surface area contributed by atoms with Crippen molar-refractivity contribution in [2.45, 2.75) is 12.8 Å². The molecular formula is C19H21N3OS. The normalized spacial score (nSPS) is 12.0. The molecule has 1 aromatic carbocycles. The molecule has 0 saturated heterocycles. The standard InChI is InChI=1S/C19H21N3OS/c1-13(2)9-21-19(23)22-10-16(14-7-8-24-12-14)17-11-20-18-6-4-3-5-15(17)18/h3-8,11-12,16,20H,1,9-10H2,2H3,(H2,21,22,23).